The predicted octanol–water partition coefficient (Wildman–Crippen LogP) is 5.63. The molecule has 1 unspecified atom stereocenters. The molecule has 0 radical (unpaired) electrons. The molecule has 0 fully saturated rings. The Morgan fingerprint density at radius 2 is 1.90 bits per heavy atom. The molecule has 0 aliphatic heterocycles. The molecule has 5 nitrogen and oxygen atoms in total. The number of carbonyl (C=O) groups is 1. The number of amides is 1. The van der Waals surface area contributed by atoms with Gasteiger partial charge in [-0.3, -0.25) is 14.2 Å². The molecular formula is C21H15Cl2N3O2S. The maximum Gasteiger partial charge on any atom is 0.262 e. The Morgan fingerprint density at radius 1 is 1.14 bits per heavy atom. The number of hydrogen-bond acceptors (Lipinski definition) is 4. The lowest BCUT2D eigenvalue weighted by Gasteiger charge is -2.15. The van der Waals surface area contributed by atoms with Crippen LogP contribution >= 0.6 is 34.5 Å². The highest BCUT2D eigenvalue weighted by Crippen LogP contribution is 2.31. The number of fused-ring (bicyclic) bond motifs is 1. The molecule has 0 saturated heterocycles. The smallest absolute Gasteiger partial charge is 0.262 e. The van der Waals surface area contributed by atoms with Crippen LogP contribution in [0.3, 0.4) is 0 Å². The van der Waals surface area contributed by atoms with Gasteiger partial charge in [-0.25, -0.2) is 4.98 Å². The van der Waals surface area contributed by atoms with Crippen LogP contribution in [0.4, 0.5) is 5.69 Å². The monoisotopic (exact) mass is 443 g/mol. The molecule has 29 heavy (non-hydrogen) atoms. The van der Waals surface area contributed by atoms with Crippen LogP contribution in [0.5, 0.6) is 0 Å². The van der Waals surface area contributed by atoms with Crippen molar-refractivity contribution in [1.29, 1.82) is 0 Å². The Hall–Kier alpha value is -2.67. The number of benzene rings is 2. The van der Waals surface area contributed by atoms with Crippen molar-refractivity contribution in [3.8, 4) is 10.4 Å². The van der Waals surface area contributed by atoms with Gasteiger partial charge in [0.1, 0.15) is 10.9 Å². The van der Waals surface area contributed by atoms with Crippen LogP contribution in [0.15, 0.2) is 65.7 Å². The van der Waals surface area contributed by atoms with E-state index in [0.29, 0.717) is 25.9 Å². The fraction of sp³-hybridized carbons (Fsp3) is 0.0952. The van der Waals surface area contributed by atoms with Crippen LogP contribution in [0.1, 0.15) is 13.0 Å². The van der Waals surface area contributed by atoms with Gasteiger partial charge in [-0.2, -0.15) is 0 Å². The van der Waals surface area contributed by atoms with Gasteiger partial charge in [-0.05, 0) is 36.8 Å². The van der Waals surface area contributed by atoms with Crippen molar-refractivity contribution in [2.45, 2.75) is 13.0 Å². The van der Waals surface area contributed by atoms with E-state index >= 15 is 0 Å². The quantitative estimate of drug-likeness (QED) is 0.444. The van der Waals surface area contributed by atoms with Crippen molar-refractivity contribution in [3.63, 3.8) is 0 Å². The Balaban J connectivity index is 1.66. The third-order valence-corrected chi connectivity index (χ3v) is 6.17. The fourth-order valence-electron chi connectivity index (χ4n) is 2.91. The van der Waals surface area contributed by atoms with Gasteiger partial charge in [0, 0.05) is 9.90 Å². The first-order valence-electron chi connectivity index (χ1n) is 8.76. The van der Waals surface area contributed by atoms with Gasteiger partial charge in [-0.15, -0.1) is 11.3 Å². The summed E-state index contributed by atoms with van der Waals surface area (Å²) >= 11 is 13.5. The number of anilines is 1. The Kier molecular flexibility index (Phi) is 5.41. The van der Waals surface area contributed by atoms with E-state index < -0.39 is 11.9 Å². The summed E-state index contributed by atoms with van der Waals surface area (Å²) in [5.41, 5.74) is 1.14. The highest BCUT2D eigenvalue weighted by atomic mass is 35.5. The number of thiophene rings is 1. The zero-order chi connectivity index (χ0) is 20.5. The molecule has 1 N–H and O–H groups in total. The molecule has 2 heterocycles. The summed E-state index contributed by atoms with van der Waals surface area (Å²) in [5, 5.41) is 4.01. The average molecular weight is 444 g/mol. The maximum absolute atomic E-state index is 13.0. The summed E-state index contributed by atoms with van der Waals surface area (Å²) in [6.45, 7) is 1.63. The summed E-state index contributed by atoms with van der Waals surface area (Å²) < 4.78 is 1.32. The molecule has 4 aromatic rings. The number of halogens is 2. The SMILES string of the molecule is CC(C(=O)Nc1cc(Cl)ccc1Cl)n1cnc2sc(-c3ccccc3)cc2c1=O. The van der Waals surface area contributed by atoms with Crippen LogP contribution < -0.4 is 10.9 Å². The van der Waals surface area contributed by atoms with Gasteiger partial charge in [0.05, 0.1) is 22.4 Å². The second kappa shape index (κ2) is 7.99. The van der Waals surface area contributed by atoms with E-state index in [0.717, 1.165) is 10.4 Å². The molecule has 0 aliphatic rings. The minimum absolute atomic E-state index is 0.270. The Labute approximate surface area is 180 Å². The van der Waals surface area contributed by atoms with Gasteiger partial charge in [-0.1, -0.05) is 53.5 Å². The van der Waals surface area contributed by atoms with E-state index in [9.17, 15) is 9.59 Å². The molecule has 2 aromatic heterocycles. The first-order chi connectivity index (χ1) is 13.9. The molecule has 8 heteroatoms. The van der Waals surface area contributed by atoms with Gasteiger partial charge in [0.25, 0.3) is 5.56 Å². The third kappa shape index (κ3) is 3.92. The lowest BCUT2D eigenvalue weighted by Crippen LogP contribution is -2.31. The van der Waals surface area contributed by atoms with Gasteiger partial charge in [0.15, 0.2) is 0 Å². The van der Waals surface area contributed by atoms with Crippen molar-refractivity contribution in [1.82, 2.24) is 9.55 Å². The molecule has 1 amide bonds. The molecule has 4 rings (SSSR count). The van der Waals surface area contributed by atoms with E-state index in [-0.39, 0.29) is 5.56 Å². The van der Waals surface area contributed by atoms with E-state index in [1.165, 1.54) is 22.2 Å². The van der Waals surface area contributed by atoms with Crippen LogP contribution in [0.25, 0.3) is 20.7 Å². The Bertz CT molecular complexity index is 1270. The largest absolute Gasteiger partial charge is 0.323 e. The predicted molar refractivity (Wildman–Crippen MR) is 119 cm³/mol. The third-order valence-electron chi connectivity index (χ3n) is 4.52. The molecule has 146 valence electrons. The van der Waals surface area contributed by atoms with Crippen molar-refractivity contribution < 1.29 is 4.79 Å². The minimum Gasteiger partial charge on any atom is -0.323 e. The summed E-state index contributed by atoms with van der Waals surface area (Å²) in [6, 6.07) is 15.6. The first kappa shape index (κ1) is 19.6. The van der Waals surface area contributed by atoms with Crippen molar-refractivity contribution in [2.75, 3.05) is 5.32 Å². The van der Waals surface area contributed by atoms with Crippen LogP contribution in [-0.2, 0) is 4.79 Å². The number of aromatic nitrogens is 2. The average Bonchev–Trinajstić information content (AvgIpc) is 3.16. The molecule has 0 aliphatic carbocycles. The topological polar surface area (TPSA) is 64.0 Å². The number of hydrogen-bond donors (Lipinski definition) is 1. The zero-order valence-corrected chi connectivity index (χ0v) is 17.6. The van der Waals surface area contributed by atoms with Crippen molar-refractivity contribution >= 4 is 56.3 Å². The molecule has 0 saturated carbocycles. The van der Waals surface area contributed by atoms with Crippen molar-refractivity contribution in [2.24, 2.45) is 0 Å². The number of nitrogens with zero attached hydrogens (tertiary/aromatic N) is 2. The van der Waals surface area contributed by atoms with E-state index in [2.05, 4.69) is 10.3 Å². The number of carbonyl (C=O) groups excluding carboxylic acids is 1. The van der Waals surface area contributed by atoms with Gasteiger partial charge in [0.2, 0.25) is 5.91 Å². The van der Waals surface area contributed by atoms with Crippen molar-refractivity contribution in [3.05, 3.63) is 81.3 Å². The molecular weight excluding hydrogens is 429 g/mol. The fourth-order valence-corrected chi connectivity index (χ4v) is 4.25. The van der Waals surface area contributed by atoms with Crippen LogP contribution in [-0.4, -0.2) is 15.5 Å². The summed E-state index contributed by atoms with van der Waals surface area (Å²) in [4.78, 5) is 31.7. The van der Waals surface area contributed by atoms with Crippen LogP contribution in [0.2, 0.25) is 10.0 Å². The second-order valence-corrected chi connectivity index (χ2v) is 8.32. The van der Waals surface area contributed by atoms with E-state index in [1.807, 2.05) is 36.4 Å². The molecule has 0 spiro atoms. The minimum atomic E-state index is -0.783. The highest BCUT2D eigenvalue weighted by Gasteiger charge is 2.20. The first-order valence-corrected chi connectivity index (χ1v) is 10.3. The van der Waals surface area contributed by atoms with Gasteiger partial charge >= 0.3 is 0 Å². The normalized spacial score (nSPS) is 12.1. The molecule has 2 aromatic carbocycles. The molecule has 1 atom stereocenters. The summed E-state index contributed by atoms with van der Waals surface area (Å²) in [6.07, 6.45) is 1.40. The highest BCUT2D eigenvalue weighted by molar-refractivity contribution is 7.21. The second-order valence-electron chi connectivity index (χ2n) is 6.44. The lowest BCUT2D eigenvalue weighted by atomic mass is 10.2. The number of rotatable bonds is 4. The standard InChI is InChI=1S/C21H15Cl2N3O2S/c1-12(19(27)25-17-9-14(22)7-8-16(17)23)26-11-24-20-15(21(26)28)10-18(29-20)13-5-3-2-4-6-13/h2-12H,1H3,(H,25,27). The maximum atomic E-state index is 13.0. The van der Waals surface area contributed by atoms with E-state index in [4.69, 9.17) is 23.2 Å². The van der Waals surface area contributed by atoms with E-state index in [1.54, 1.807) is 25.1 Å². The Morgan fingerprint density at radius 3 is 2.66 bits per heavy atom. The van der Waals surface area contributed by atoms with Gasteiger partial charge < -0.3 is 5.32 Å². The van der Waals surface area contributed by atoms with Crippen LogP contribution in [0, 0.1) is 0 Å². The lowest BCUT2D eigenvalue weighted by molar-refractivity contribution is -0.118. The number of nitrogens with one attached hydrogen (secondary N) is 1. The summed E-state index contributed by atoms with van der Waals surface area (Å²) in [5.74, 6) is -0.393. The zero-order valence-electron chi connectivity index (χ0n) is 15.2. The summed E-state index contributed by atoms with van der Waals surface area (Å²) in [7, 11) is 0. The molecule has 0 bridgehead atoms.